The molecule has 0 saturated carbocycles. The summed E-state index contributed by atoms with van der Waals surface area (Å²) in [5.41, 5.74) is 2.98. The van der Waals surface area contributed by atoms with Gasteiger partial charge in [-0.25, -0.2) is 4.98 Å². The summed E-state index contributed by atoms with van der Waals surface area (Å²) in [7, 11) is 0. The van der Waals surface area contributed by atoms with Gasteiger partial charge in [-0.05, 0) is 58.8 Å². The second-order valence-electron chi connectivity index (χ2n) is 5.14. The maximum Gasteiger partial charge on any atom is 0.146 e. The maximum atomic E-state index is 10.9. The summed E-state index contributed by atoms with van der Waals surface area (Å²) >= 11 is 1.95. The number of pyridine rings is 1. The number of aromatic nitrogens is 2. The lowest BCUT2D eigenvalue weighted by molar-refractivity contribution is 0.213. The van der Waals surface area contributed by atoms with Gasteiger partial charge in [0.1, 0.15) is 23.6 Å². The molecule has 5 nitrogen and oxygen atoms in total. The van der Waals surface area contributed by atoms with E-state index in [4.69, 9.17) is 5.26 Å². The lowest BCUT2D eigenvalue weighted by Gasteiger charge is -2.14. The minimum atomic E-state index is -0.927. The van der Waals surface area contributed by atoms with Gasteiger partial charge in [0.2, 0.25) is 0 Å². The zero-order chi connectivity index (χ0) is 16.6. The number of phenolic OH excluding ortho intramolecular Hbond substituents is 1. The number of aromatic hydroxyl groups is 1. The van der Waals surface area contributed by atoms with Crippen LogP contribution in [0, 0.1) is 14.9 Å². The molecular weight excluding hydrogens is 405 g/mol. The number of halogens is 1. The van der Waals surface area contributed by atoms with Crippen LogP contribution >= 0.6 is 22.6 Å². The van der Waals surface area contributed by atoms with Crippen LogP contribution < -0.4 is 0 Å². The lowest BCUT2D eigenvalue weighted by Crippen LogP contribution is -2.07. The van der Waals surface area contributed by atoms with Crippen molar-refractivity contribution < 1.29 is 10.2 Å². The Balaban J connectivity index is 2.20. The van der Waals surface area contributed by atoms with Gasteiger partial charge in [-0.3, -0.25) is 0 Å². The average molecular weight is 419 g/mol. The molecule has 2 heterocycles. The van der Waals surface area contributed by atoms with Crippen molar-refractivity contribution in [1.82, 2.24) is 9.38 Å². The molecule has 116 valence electrons. The first-order chi connectivity index (χ1) is 11.1. The van der Waals surface area contributed by atoms with Crippen LogP contribution in [0.5, 0.6) is 5.75 Å². The molecule has 0 spiro atoms. The number of aliphatic hydroxyl groups excluding tert-OH is 1. The highest BCUT2D eigenvalue weighted by atomic mass is 127. The monoisotopic (exact) mass is 419 g/mol. The van der Waals surface area contributed by atoms with Crippen LogP contribution in [0.2, 0.25) is 0 Å². The first kappa shape index (κ1) is 15.8. The Morgan fingerprint density at radius 2 is 2.17 bits per heavy atom. The van der Waals surface area contributed by atoms with Gasteiger partial charge in [-0.2, -0.15) is 5.26 Å². The van der Waals surface area contributed by atoms with Gasteiger partial charge in [0.25, 0.3) is 0 Å². The van der Waals surface area contributed by atoms with Crippen LogP contribution in [0.15, 0.2) is 36.5 Å². The molecule has 1 unspecified atom stereocenters. The fourth-order valence-electron chi connectivity index (χ4n) is 2.63. The molecule has 1 atom stereocenters. The molecule has 0 aliphatic carbocycles. The smallest absolute Gasteiger partial charge is 0.146 e. The van der Waals surface area contributed by atoms with E-state index in [1.54, 1.807) is 6.07 Å². The number of nitrogens with zero attached hydrogens (tertiary/aromatic N) is 3. The Labute approximate surface area is 147 Å². The third kappa shape index (κ3) is 2.66. The fourth-order valence-corrected chi connectivity index (χ4v) is 3.28. The number of fused-ring (bicyclic) bond motifs is 1. The molecule has 0 saturated heterocycles. The van der Waals surface area contributed by atoms with Crippen LogP contribution in [-0.2, 0) is 6.42 Å². The molecule has 1 aromatic carbocycles. The second kappa shape index (κ2) is 6.18. The summed E-state index contributed by atoms with van der Waals surface area (Å²) in [6, 6.07) is 10.8. The molecule has 2 N–H and O–H groups in total. The first-order valence-corrected chi connectivity index (χ1v) is 8.21. The van der Waals surface area contributed by atoms with E-state index in [-0.39, 0.29) is 11.3 Å². The molecule has 3 rings (SSSR count). The van der Waals surface area contributed by atoms with Crippen molar-refractivity contribution in [1.29, 1.82) is 5.26 Å². The Morgan fingerprint density at radius 3 is 2.87 bits per heavy atom. The fraction of sp³-hybridized carbons (Fsp3) is 0.176. The molecule has 0 bridgehead atoms. The quantitative estimate of drug-likeness (QED) is 0.640. The van der Waals surface area contributed by atoms with Gasteiger partial charge in [-0.1, -0.05) is 13.0 Å². The molecule has 3 aromatic rings. The third-order valence-corrected chi connectivity index (χ3v) is 4.58. The Morgan fingerprint density at radius 1 is 1.39 bits per heavy atom. The largest absolute Gasteiger partial charge is 0.505 e. The maximum absolute atomic E-state index is 10.9. The Hall–Kier alpha value is -2.11. The first-order valence-electron chi connectivity index (χ1n) is 7.13. The normalized spacial score (nSPS) is 12.3. The standard InChI is InChI=1S/C17H14IN3O2/c1-2-13-15(21-6-4-3-5-14(21)20-13)17(23)10-7-11(9-19)16(22)12(18)8-10/h3-8,17,22-23H,2H2,1H3. The summed E-state index contributed by atoms with van der Waals surface area (Å²) in [4.78, 5) is 4.55. The molecule has 0 amide bonds. The van der Waals surface area contributed by atoms with Crippen LogP contribution in [0.3, 0.4) is 0 Å². The molecule has 0 aliphatic rings. The number of hydrogen-bond donors (Lipinski definition) is 2. The van der Waals surface area contributed by atoms with E-state index >= 15 is 0 Å². The number of hydrogen-bond acceptors (Lipinski definition) is 4. The Bertz CT molecular complexity index is 927. The topological polar surface area (TPSA) is 81.6 Å². The zero-order valence-electron chi connectivity index (χ0n) is 12.4. The number of imidazole rings is 1. The van der Waals surface area contributed by atoms with Crippen molar-refractivity contribution in [3.8, 4) is 11.8 Å². The molecule has 0 radical (unpaired) electrons. The molecule has 6 heteroatoms. The third-order valence-electron chi connectivity index (χ3n) is 3.76. The van der Waals surface area contributed by atoms with E-state index in [9.17, 15) is 10.2 Å². The van der Waals surface area contributed by atoms with Gasteiger partial charge in [-0.15, -0.1) is 0 Å². The van der Waals surface area contributed by atoms with Crippen LogP contribution in [0.4, 0.5) is 0 Å². The van der Waals surface area contributed by atoms with Crippen molar-refractivity contribution >= 4 is 28.2 Å². The number of aliphatic hydroxyl groups is 1. The highest BCUT2D eigenvalue weighted by Gasteiger charge is 2.22. The number of phenols is 1. The van der Waals surface area contributed by atoms with E-state index < -0.39 is 6.10 Å². The SMILES string of the molecule is CCc1nc2ccccn2c1C(O)c1cc(I)c(O)c(C#N)c1. The number of aryl methyl sites for hydroxylation is 1. The lowest BCUT2D eigenvalue weighted by atomic mass is 10.0. The van der Waals surface area contributed by atoms with Gasteiger partial charge >= 0.3 is 0 Å². The minimum Gasteiger partial charge on any atom is -0.505 e. The highest BCUT2D eigenvalue weighted by Crippen LogP contribution is 2.32. The molecule has 23 heavy (non-hydrogen) atoms. The number of benzene rings is 1. The molecular formula is C17H14IN3O2. The predicted octanol–water partition coefficient (Wildman–Crippen LogP) is 3.16. The number of nitriles is 1. The van der Waals surface area contributed by atoms with Gasteiger partial charge in [0.15, 0.2) is 0 Å². The van der Waals surface area contributed by atoms with E-state index in [2.05, 4.69) is 4.98 Å². The van der Waals surface area contributed by atoms with Gasteiger partial charge in [0, 0.05) is 6.20 Å². The molecule has 2 aromatic heterocycles. The van der Waals surface area contributed by atoms with E-state index in [0.29, 0.717) is 21.2 Å². The van der Waals surface area contributed by atoms with Crippen molar-refractivity contribution in [2.24, 2.45) is 0 Å². The molecule has 0 aliphatic heterocycles. The van der Waals surface area contributed by atoms with Crippen molar-refractivity contribution in [3.05, 3.63) is 62.6 Å². The van der Waals surface area contributed by atoms with E-state index in [1.165, 1.54) is 6.07 Å². The van der Waals surface area contributed by atoms with Crippen molar-refractivity contribution in [2.45, 2.75) is 19.4 Å². The van der Waals surface area contributed by atoms with Crippen LogP contribution in [-0.4, -0.2) is 19.6 Å². The second-order valence-corrected chi connectivity index (χ2v) is 6.30. The van der Waals surface area contributed by atoms with Crippen LogP contribution in [0.1, 0.15) is 35.5 Å². The predicted molar refractivity (Wildman–Crippen MR) is 94.2 cm³/mol. The van der Waals surface area contributed by atoms with Gasteiger partial charge in [0.05, 0.1) is 20.5 Å². The summed E-state index contributed by atoms with van der Waals surface area (Å²) in [6.07, 6.45) is 1.62. The summed E-state index contributed by atoms with van der Waals surface area (Å²) in [5, 5.41) is 29.9. The van der Waals surface area contributed by atoms with Crippen molar-refractivity contribution in [2.75, 3.05) is 0 Å². The van der Waals surface area contributed by atoms with Gasteiger partial charge < -0.3 is 14.6 Å². The average Bonchev–Trinajstić information content (AvgIpc) is 2.95. The Kier molecular flexibility index (Phi) is 4.24. The zero-order valence-corrected chi connectivity index (χ0v) is 14.5. The molecule has 0 fully saturated rings. The summed E-state index contributed by atoms with van der Waals surface area (Å²) < 4.78 is 2.39. The summed E-state index contributed by atoms with van der Waals surface area (Å²) in [6.45, 7) is 1.99. The van der Waals surface area contributed by atoms with E-state index in [0.717, 1.165) is 11.3 Å². The van der Waals surface area contributed by atoms with Crippen molar-refractivity contribution in [3.63, 3.8) is 0 Å². The highest BCUT2D eigenvalue weighted by molar-refractivity contribution is 14.1. The number of rotatable bonds is 3. The van der Waals surface area contributed by atoms with Crippen LogP contribution in [0.25, 0.3) is 5.65 Å². The van der Waals surface area contributed by atoms with E-state index in [1.807, 2.05) is 64.4 Å². The minimum absolute atomic E-state index is 0.0575. The summed E-state index contributed by atoms with van der Waals surface area (Å²) in [5.74, 6) is -0.0575.